The van der Waals surface area contributed by atoms with Crippen LogP contribution in [0.4, 0.5) is 8.78 Å². The first kappa shape index (κ1) is 17.1. The van der Waals surface area contributed by atoms with Crippen LogP contribution < -0.4 is 0 Å². The van der Waals surface area contributed by atoms with Gasteiger partial charge < -0.3 is 14.2 Å². The second-order valence-electron chi connectivity index (χ2n) is 5.85. The number of rotatable bonds is 4. The molecule has 0 atom stereocenters. The van der Waals surface area contributed by atoms with Gasteiger partial charge in [0.15, 0.2) is 0 Å². The minimum absolute atomic E-state index is 0.0272. The molecule has 1 aliphatic rings. The molecule has 0 saturated carbocycles. The van der Waals surface area contributed by atoms with E-state index in [1.807, 2.05) is 6.07 Å². The zero-order valence-electron chi connectivity index (χ0n) is 13.6. The summed E-state index contributed by atoms with van der Waals surface area (Å²) in [5.41, 5.74) is -0.542. The van der Waals surface area contributed by atoms with Crippen molar-refractivity contribution < 1.29 is 22.8 Å². The summed E-state index contributed by atoms with van der Waals surface area (Å²) in [7, 11) is 0. The first-order valence-electron chi connectivity index (χ1n) is 8.09. The molecule has 0 aliphatic carbocycles. The van der Waals surface area contributed by atoms with Crippen LogP contribution in [0.5, 0.6) is 0 Å². The largest absolute Gasteiger partial charge is 0.469 e. The maximum atomic E-state index is 13.7. The summed E-state index contributed by atoms with van der Waals surface area (Å²) in [5, 5.41) is 0. The van der Waals surface area contributed by atoms with Crippen molar-refractivity contribution in [3.8, 4) is 0 Å². The van der Waals surface area contributed by atoms with Crippen LogP contribution in [0.25, 0.3) is 0 Å². The van der Waals surface area contributed by atoms with Crippen molar-refractivity contribution >= 4 is 11.8 Å². The number of carbonyl (C=O) groups excluding carboxylic acids is 2. The first-order chi connectivity index (χ1) is 12.1. The lowest BCUT2D eigenvalue weighted by atomic mass is 10.1. The lowest BCUT2D eigenvalue weighted by Crippen LogP contribution is -2.50. The molecule has 1 aromatic carbocycles. The average Bonchev–Trinajstić information content (AvgIpc) is 3.13. The highest BCUT2D eigenvalue weighted by atomic mass is 19.1. The number of furan rings is 1. The third-order valence-electron chi connectivity index (χ3n) is 4.26. The van der Waals surface area contributed by atoms with E-state index in [0.717, 1.165) is 17.9 Å². The molecule has 1 aliphatic heterocycles. The summed E-state index contributed by atoms with van der Waals surface area (Å²) >= 11 is 0. The number of nitrogens with zero attached hydrogens (tertiary/aromatic N) is 2. The van der Waals surface area contributed by atoms with Crippen molar-refractivity contribution in [1.29, 1.82) is 0 Å². The van der Waals surface area contributed by atoms with Gasteiger partial charge in [-0.1, -0.05) is 6.07 Å². The number of carbonyl (C=O) groups is 2. The normalized spacial score (nSPS) is 14.6. The van der Waals surface area contributed by atoms with Crippen LogP contribution >= 0.6 is 0 Å². The zero-order valence-corrected chi connectivity index (χ0v) is 13.6. The zero-order chi connectivity index (χ0) is 17.8. The Bertz CT molecular complexity index is 733. The molecule has 1 saturated heterocycles. The van der Waals surface area contributed by atoms with E-state index in [4.69, 9.17) is 4.42 Å². The quantitative estimate of drug-likeness (QED) is 0.853. The summed E-state index contributed by atoms with van der Waals surface area (Å²) in [5.74, 6) is -1.71. The van der Waals surface area contributed by atoms with Gasteiger partial charge in [0.05, 0.1) is 6.26 Å². The van der Waals surface area contributed by atoms with Crippen molar-refractivity contribution in [3.63, 3.8) is 0 Å². The molecule has 2 heterocycles. The Hall–Kier alpha value is -2.70. The van der Waals surface area contributed by atoms with Gasteiger partial charge in [-0.25, -0.2) is 8.78 Å². The van der Waals surface area contributed by atoms with Crippen LogP contribution in [0.15, 0.2) is 41.0 Å². The van der Waals surface area contributed by atoms with Gasteiger partial charge in [-0.2, -0.15) is 0 Å². The summed E-state index contributed by atoms with van der Waals surface area (Å²) in [6.45, 7) is 1.19. The topological polar surface area (TPSA) is 53.8 Å². The molecule has 132 valence electrons. The lowest BCUT2D eigenvalue weighted by Gasteiger charge is -2.35. The van der Waals surface area contributed by atoms with Gasteiger partial charge >= 0.3 is 0 Å². The van der Waals surface area contributed by atoms with Gasteiger partial charge in [0.25, 0.3) is 5.91 Å². The number of halogens is 2. The minimum Gasteiger partial charge on any atom is -0.469 e. The number of piperazine rings is 1. The molecular weight excluding hydrogens is 330 g/mol. The third kappa shape index (κ3) is 3.87. The van der Waals surface area contributed by atoms with Gasteiger partial charge in [-0.3, -0.25) is 9.59 Å². The Labute approximate surface area is 143 Å². The highest BCUT2D eigenvalue weighted by Gasteiger charge is 2.28. The molecule has 0 spiro atoms. The fraction of sp³-hybridized carbons (Fsp3) is 0.333. The van der Waals surface area contributed by atoms with Crippen LogP contribution in [0.2, 0.25) is 0 Å². The van der Waals surface area contributed by atoms with Crippen molar-refractivity contribution in [2.24, 2.45) is 0 Å². The van der Waals surface area contributed by atoms with E-state index in [-0.39, 0.29) is 19.0 Å². The van der Waals surface area contributed by atoms with Crippen molar-refractivity contribution in [2.45, 2.75) is 12.8 Å². The van der Waals surface area contributed by atoms with Crippen LogP contribution in [-0.4, -0.2) is 47.8 Å². The minimum atomic E-state index is -0.873. The van der Waals surface area contributed by atoms with Gasteiger partial charge in [-0.05, 0) is 24.3 Å². The van der Waals surface area contributed by atoms with Gasteiger partial charge in [0.1, 0.15) is 23.0 Å². The maximum Gasteiger partial charge on any atom is 0.259 e. The van der Waals surface area contributed by atoms with Gasteiger partial charge in [0.2, 0.25) is 5.91 Å². The highest BCUT2D eigenvalue weighted by Crippen LogP contribution is 2.16. The second kappa shape index (κ2) is 7.46. The van der Waals surface area contributed by atoms with Crippen LogP contribution in [0.3, 0.4) is 0 Å². The number of amides is 2. The standard InChI is InChI=1S/C18H18F2N2O3/c19-14-4-1-5-15(20)17(14)18(24)22-10-8-21(9-11-22)16(23)7-6-13-3-2-12-25-13/h1-5,12H,6-11H2. The summed E-state index contributed by atoms with van der Waals surface area (Å²) in [6, 6.07) is 6.92. The Morgan fingerprint density at radius 1 is 0.960 bits per heavy atom. The van der Waals surface area contributed by atoms with E-state index in [1.165, 1.54) is 11.0 Å². The fourth-order valence-corrected chi connectivity index (χ4v) is 2.86. The van der Waals surface area contributed by atoms with Crippen LogP contribution in [0.1, 0.15) is 22.5 Å². The van der Waals surface area contributed by atoms with E-state index in [9.17, 15) is 18.4 Å². The Kier molecular flexibility index (Phi) is 5.11. The molecule has 0 radical (unpaired) electrons. The summed E-state index contributed by atoms with van der Waals surface area (Å²) in [6.07, 6.45) is 2.40. The fourth-order valence-electron chi connectivity index (χ4n) is 2.86. The predicted octanol–water partition coefficient (Wildman–Crippen LogP) is 2.48. The van der Waals surface area contributed by atoms with Crippen molar-refractivity contribution in [3.05, 3.63) is 59.6 Å². The monoisotopic (exact) mass is 348 g/mol. The van der Waals surface area contributed by atoms with Crippen molar-refractivity contribution in [1.82, 2.24) is 9.80 Å². The Morgan fingerprint density at radius 3 is 2.20 bits per heavy atom. The van der Waals surface area contributed by atoms with E-state index >= 15 is 0 Å². The molecule has 2 amide bonds. The van der Waals surface area contributed by atoms with Gasteiger partial charge in [0, 0.05) is 39.0 Å². The average molecular weight is 348 g/mol. The Morgan fingerprint density at radius 2 is 1.60 bits per heavy atom. The molecule has 1 aromatic heterocycles. The molecule has 25 heavy (non-hydrogen) atoms. The first-order valence-corrected chi connectivity index (χ1v) is 8.09. The number of aryl methyl sites for hydroxylation is 1. The molecule has 7 heteroatoms. The summed E-state index contributed by atoms with van der Waals surface area (Å²) in [4.78, 5) is 27.6. The second-order valence-corrected chi connectivity index (χ2v) is 5.85. The number of hydrogen-bond acceptors (Lipinski definition) is 3. The molecule has 0 unspecified atom stereocenters. The summed E-state index contributed by atoms with van der Waals surface area (Å²) < 4.78 is 32.7. The number of hydrogen-bond donors (Lipinski definition) is 0. The molecule has 2 aromatic rings. The van der Waals surface area contributed by atoms with E-state index in [1.54, 1.807) is 17.2 Å². The maximum absolute atomic E-state index is 13.7. The van der Waals surface area contributed by atoms with E-state index in [2.05, 4.69) is 0 Å². The van der Waals surface area contributed by atoms with Crippen molar-refractivity contribution in [2.75, 3.05) is 26.2 Å². The molecule has 1 fully saturated rings. The van der Waals surface area contributed by atoms with Crippen LogP contribution in [-0.2, 0) is 11.2 Å². The van der Waals surface area contributed by atoms with Crippen LogP contribution in [0, 0.1) is 11.6 Å². The number of benzene rings is 1. The smallest absolute Gasteiger partial charge is 0.259 e. The molecule has 5 nitrogen and oxygen atoms in total. The van der Waals surface area contributed by atoms with Gasteiger partial charge in [-0.15, -0.1) is 0 Å². The lowest BCUT2D eigenvalue weighted by molar-refractivity contribution is -0.132. The molecule has 0 N–H and O–H groups in total. The SMILES string of the molecule is O=C(CCc1ccco1)N1CCN(C(=O)c2c(F)cccc2F)CC1. The van der Waals surface area contributed by atoms with E-state index in [0.29, 0.717) is 25.9 Å². The Balaban J connectivity index is 1.54. The highest BCUT2D eigenvalue weighted by molar-refractivity contribution is 5.95. The molecular formula is C18H18F2N2O3. The molecule has 0 bridgehead atoms. The van der Waals surface area contributed by atoms with E-state index < -0.39 is 23.1 Å². The third-order valence-corrected chi connectivity index (χ3v) is 4.26. The predicted molar refractivity (Wildman–Crippen MR) is 85.9 cm³/mol. The molecule has 3 rings (SSSR count).